The Morgan fingerprint density at radius 2 is 1.88 bits per heavy atom. The molecular weight excluding hydrogens is 324 g/mol. The summed E-state index contributed by atoms with van der Waals surface area (Å²) in [5.74, 6) is 2.60. The van der Waals surface area contributed by atoms with Gasteiger partial charge in [0.1, 0.15) is 23.6 Å². The molecule has 6 heteroatoms. The molecule has 0 atom stereocenters. The predicted molar refractivity (Wildman–Crippen MR) is 104 cm³/mol. The first kappa shape index (κ1) is 15.4. The van der Waals surface area contributed by atoms with Gasteiger partial charge in [0.15, 0.2) is 0 Å². The van der Waals surface area contributed by atoms with Crippen LogP contribution in [0.25, 0.3) is 22.1 Å². The molecule has 4 aromatic rings. The Balaban J connectivity index is 1.50. The fraction of sp³-hybridized carbons (Fsp3) is 0.350. The highest BCUT2D eigenvalue weighted by atomic mass is 15.3. The number of aromatic nitrogens is 5. The van der Waals surface area contributed by atoms with Crippen LogP contribution in [0.5, 0.6) is 0 Å². The van der Waals surface area contributed by atoms with Crippen molar-refractivity contribution >= 4 is 27.9 Å². The number of fused-ring (bicyclic) bond motifs is 2. The van der Waals surface area contributed by atoms with Gasteiger partial charge in [-0.05, 0) is 18.2 Å². The molecule has 0 saturated carbocycles. The molecule has 4 heterocycles. The van der Waals surface area contributed by atoms with E-state index < -0.39 is 0 Å². The molecular formula is C20H22N6. The van der Waals surface area contributed by atoms with Gasteiger partial charge in [0, 0.05) is 32.3 Å². The Kier molecular flexibility index (Phi) is 3.29. The Morgan fingerprint density at radius 1 is 1.08 bits per heavy atom. The number of anilines is 1. The van der Waals surface area contributed by atoms with Crippen LogP contribution in [-0.4, -0.2) is 37.2 Å². The fourth-order valence-electron chi connectivity index (χ4n) is 3.96. The van der Waals surface area contributed by atoms with Crippen molar-refractivity contribution in [3.8, 4) is 0 Å². The minimum Gasteiger partial charge on any atom is -0.352 e. The molecule has 0 N–H and O–H groups in total. The average molecular weight is 346 g/mol. The predicted octanol–water partition coefficient (Wildman–Crippen LogP) is 3.50. The zero-order valence-electron chi connectivity index (χ0n) is 15.3. The van der Waals surface area contributed by atoms with Crippen molar-refractivity contribution in [2.45, 2.75) is 25.8 Å². The molecule has 132 valence electrons. The summed E-state index contributed by atoms with van der Waals surface area (Å²) in [5, 5.41) is 1.12. The second kappa shape index (κ2) is 5.56. The van der Waals surface area contributed by atoms with Gasteiger partial charge in [0.25, 0.3) is 0 Å². The molecule has 0 unspecified atom stereocenters. The Labute approximate surface area is 152 Å². The van der Waals surface area contributed by atoms with Crippen molar-refractivity contribution in [2.75, 3.05) is 18.0 Å². The minimum absolute atomic E-state index is 0.399. The van der Waals surface area contributed by atoms with E-state index in [0.29, 0.717) is 12.0 Å². The van der Waals surface area contributed by atoms with Crippen molar-refractivity contribution in [1.82, 2.24) is 24.1 Å². The number of rotatable bonds is 3. The van der Waals surface area contributed by atoms with E-state index in [0.717, 1.165) is 35.5 Å². The first-order chi connectivity index (χ1) is 12.6. The van der Waals surface area contributed by atoms with Crippen molar-refractivity contribution < 1.29 is 0 Å². The maximum Gasteiger partial charge on any atom is 0.145 e. The van der Waals surface area contributed by atoms with E-state index >= 15 is 0 Å². The van der Waals surface area contributed by atoms with Crippen molar-refractivity contribution in [1.29, 1.82) is 0 Å². The molecule has 0 radical (unpaired) electrons. The first-order valence-electron chi connectivity index (χ1n) is 9.11. The van der Waals surface area contributed by atoms with Gasteiger partial charge in [-0.15, -0.1) is 0 Å². The fourth-order valence-corrected chi connectivity index (χ4v) is 3.96. The highest BCUT2D eigenvalue weighted by Crippen LogP contribution is 2.35. The maximum atomic E-state index is 4.88. The summed E-state index contributed by atoms with van der Waals surface area (Å²) in [6, 6.07) is 11.0. The average Bonchev–Trinajstić information content (AvgIpc) is 3.16. The summed E-state index contributed by atoms with van der Waals surface area (Å²) in [4.78, 5) is 16.2. The molecule has 1 aromatic carbocycles. The monoisotopic (exact) mass is 346 g/mol. The van der Waals surface area contributed by atoms with Gasteiger partial charge in [-0.1, -0.05) is 26.0 Å². The van der Waals surface area contributed by atoms with E-state index in [1.54, 1.807) is 6.33 Å². The molecule has 3 aromatic heterocycles. The van der Waals surface area contributed by atoms with Crippen molar-refractivity contribution in [3.05, 3.63) is 48.7 Å². The van der Waals surface area contributed by atoms with Crippen molar-refractivity contribution in [2.24, 2.45) is 7.05 Å². The molecule has 0 aliphatic carbocycles. The van der Waals surface area contributed by atoms with Crippen LogP contribution in [-0.2, 0) is 7.05 Å². The van der Waals surface area contributed by atoms with Gasteiger partial charge in [-0.25, -0.2) is 15.0 Å². The molecule has 1 fully saturated rings. The summed E-state index contributed by atoms with van der Waals surface area (Å²) in [6.07, 6.45) is 3.71. The quantitative estimate of drug-likeness (QED) is 0.570. The Hall–Kier alpha value is -2.89. The number of hydrogen-bond donors (Lipinski definition) is 0. The third-order valence-electron chi connectivity index (χ3n) is 5.31. The normalized spacial score (nSPS) is 15.3. The third-order valence-corrected chi connectivity index (χ3v) is 5.31. The summed E-state index contributed by atoms with van der Waals surface area (Å²) in [6.45, 7) is 6.32. The third kappa shape index (κ3) is 2.14. The van der Waals surface area contributed by atoms with Gasteiger partial charge < -0.3 is 14.0 Å². The smallest absolute Gasteiger partial charge is 0.145 e. The number of imidazole rings is 1. The van der Waals surface area contributed by atoms with Crippen LogP contribution in [0.4, 0.5) is 5.82 Å². The molecule has 1 aliphatic heterocycles. The van der Waals surface area contributed by atoms with E-state index in [9.17, 15) is 0 Å². The van der Waals surface area contributed by atoms with Crippen LogP contribution in [0.2, 0.25) is 0 Å². The Bertz CT molecular complexity index is 1100. The summed E-state index contributed by atoms with van der Waals surface area (Å²) >= 11 is 0. The van der Waals surface area contributed by atoms with Gasteiger partial charge >= 0.3 is 0 Å². The lowest BCUT2D eigenvalue weighted by Crippen LogP contribution is -2.48. The lowest BCUT2D eigenvalue weighted by atomic mass is 10.1. The lowest BCUT2D eigenvalue weighted by Gasteiger charge is -2.42. The standard InChI is InChI=1S/C20H22N6/c1-13(2)18-23-16-6-4-5-7-17(16)26(18)14-10-25(11-14)20-15-8-9-24(3)19(15)21-12-22-20/h4-9,12-14H,10-11H2,1-3H3. The van der Waals surface area contributed by atoms with Crippen LogP contribution in [0.1, 0.15) is 31.6 Å². The van der Waals surface area contributed by atoms with Gasteiger partial charge in [0.05, 0.1) is 22.5 Å². The summed E-state index contributed by atoms with van der Waals surface area (Å²) in [5.41, 5.74) is 3.30. The maximum absolute atomic E-state index is 4.88. The lowest BCUT2D eigenvalue weighted by molar-refractivity contribution is 0.391. The van der Waals surface area contributed by atoms with Crippen LogP contribution in [0.15, 0.2) is 42.9 Å². The number of nitrogens with zero attached hydrogens (tertiary/aromatic N) is 6. The zero-order valence-corrected chi connectivity index (χ0v) is 15.3. The van der Waals surface area contributed by atoms with Crippen molar-refractivity contribution in [3.63, 3.8) is 0 Å². The summed E-state index contributed by atoms with van der Waals surface area (Å²) < 4.78 is 4.47. The van der Waals surface area contributed by atoms with E-state index in [1.165, 1.54) is 11.3 Å². The van der Waals surface area contributed by atoms with Crippen LogP contribution in [0.3, 0.4) is 0 Å². The van der Waals surface area contributed by atoms with Crippen LogP contribution >= 0.6 is 0 Å². The Morgan fingerprint density at radius 3 is 2.69 bits per heavy atom. The second-order valence-electron chi connectivity index (χ2n) is 7.40. The van der Waals surface area contributed by atoms with Crippen LogP contribution < -0.4 is 4.90 Å². The van der Waals surface area contributed by atoms with E-state index in [1.807, 2.05) is 17.8 Å². The van der Waals surface area contributed by atoms with Gasteiger partial charge in [0.2, 0.25) is 0 Å². The zero-order chi connectivity index (χ0) is 17.8. The SMILES string of the molecule is CC(C)c1nc2ccccc2n1C1CN(c2ncnc3c2ccn3C)C1. The largest absolute Gasteiger partial charge is 0.352 e. The highest BCUT2D eigenvalue weighted by Gasteiger charge is 2.33. The molecule has 6 nitrogen and oxygen atoms in total. The molecule has 1 aliphatic rings. The van der Waals surface area contributed by atoms with E-state index in [2.05, 4.69) is 63.6 Å². The molecule has 26 heavy (non-hydrogen) atoms. The van der Waals surface area contributed by atoms with Crippen LogP contribution in [0, 0.1) is 0 Å². The molecule has 0 amide bonds. The topological polar surface area (TPSA) is 51.8 Å². The molecule has 0 bridgehead atoms. The van der Waals surface area contributed by atoms with Gasteiger partial charge in [-0.2, -0.15) is 0 Å². The number of hydrogen-bond acceptors (Lipinski definition) is 4. The minimum atomic E-state index is 0.399. The second-order valence-corrected chi connectivity index (χ2v) is 7.40. The van der Waals surface area contributed by atoms with E-state index in [4.69, 9.17) is 4.98 Å². The number of aryl methyl sites for hydroxylation is 1. The molecule has 1 saturated heterocycles. The number of para-hydroxylation sites is 2. The van der Waals surface area contributed by atoms with E-state index in [-0.39, 0.29) is 0 Å². The highest BCUT2D eigenvalue weighted by molar-refractivity contribution is 5.88. The first-order valence-corrected chi connectivity index (χ1v) is 9.11. The molecule has 0 spiro atoms. The molecule has 5 rings (SSSR count). The number of benzene rings is 1. The van der Waals surface area contributed by atoms with Gasteiger partial charge in [-0.3, -0.25) is 0 Å². The summed E-state index contributed by atoms with van der Waals surface area (Å²) in [7, 11) is 2.02.